The predicted molar refractivity (Wildman–Crippen MR) is 67.6 cm³/mol. The van der Waals surface area contributed by atoms with Crippen LogP contribution in [0.2, 0.25) is 0 Å². The van der Waals surface area contributed by atoms with E-state index in [2.05, 4.69) is 9.98 Å². The van der Waals surface area contributed by atoms with E-state index < -0.39 is 22.6 Å². The first kappa shape index (κ1) is 13.5. The number of Topliss-reactive ketones (excluding diaryl/α,β-unsaturated/α-hetero) is 1. The van der Waals surface area contributed by atoms with Crippen molar-refractivity contribution in [3.05, 3.63) is 11.6 Å². The van der Waals surface area contributed by atoms with E-state index in [4.69, 9.17) is 17.2 Å². The Morgan fingerprint density at radius 1 is 1.53 bits per heavy atom. The van der Waals surface area contributed by atoms with Crippen LogP contribution in [0, 0.1) is 0 Å². The topological polar surface area (TPSA) is 137 Å². The quantitative estimate of drug-likeness (QED) is 0.304. The Hall–Kier alpha value is -1.54. The second-order valence-electron chi connectivity index (χ2n) is 3.44. The molecule has 1 heterocycles. The number of carbonyl (C=O) groups excluding carboxylic acids is 1. The van der Waals surface area contributed by atoms with E-state index in [1.54, 1.807) is 0 Å². The number of aliphatic imine (C=N–C) groups is 2. The summed E-state index contributed by atoms with van der Waals surface area (Å²) in [7, 11) is -1.45. The Morgan fingerprint density at radius 2 is 2.24 bits per heavy atom. The highest BCUT2D eigenvalue weighted by Crippen LogP contribution is 2.06. The van der Waals surface area contributed by atoms with Gasteiger partial charge in [-0.15, -0.1) is 0 Å². The minimum absolute atomic E-state index is 0.00960. The molecule has 8 heteroatoms. The van der Waals surface area contributed by atoms with Crippen LogP contribution < -0.4 is 17.2 Å². The lowest BCUT2D eigenvalue weighted by molar-refractivity contribution is -0.114. The summed E-state index contributed by atoms with van der Waals surface area (Å²) in [6.45, 7) is 0.414. The van der Waals surface area contributed by atoms with E-state index in [-0.39, 0.29) is 11.0 Å². The SMILES string of the molecule is NC(N)=NCCC[C@H](N)C(=O)C1=NC=CS1=O. The Labute approximate surface area is 101 Å². The van der Waals surface area contributed by atoms with E-state index in [0.29, 0.717) is 19.4 Å². The molecule has 0 saturated carbocycles. The van der Waals surface area contributed by atoms with Gasteiger partial charge in [-0.25, -0.2) is 9.20 Å². The number of hydrogen-bond donors (Lipinski definition) is 3. The van der Waals surface area contributed by atoms with Crippen molar-refractivity contribution in [2.75, 3.05) is 6.54 Å². The molecule has 1 aliphatic heterocycles. The number of rotatable bonds is 6. The Morgan fingerprint density at radius 3 is 2.76 bits per heavy atom. The summed E-state index contributed by atoms with van der Waals surface area (Å²) in [6, 6.07) is -0.716. The summed E-state index contributed by atoms with van der Waals surface area (Å²) in [5, 5.41) is 1.36. The molecule has 17 heavy (non-hydrogen) atoms. The summed E-state index contributed by atoms with van der Waals surface area (Å²) < 4.78 is 11.3. The van der Waals surface area contributed by atoms with E-state index in [0.717, 1.165) is 0 Å². The molecule has 0 amide bonds. The maximum atomic E-state index is 11.7. The lowest BCUT2D eigenvalue weighted by atomic mass is 10.1. The molecule has 1 unspecified atom stereocenters. The van der Waals surface area contributed by atoms with Gasteiger partial charge in [-0.3, -0.25) is 9.79 Å². The van der Waals surface area contributed by atoms with Crippen LogP contribution in [0.1, 0.15) is 12.8 Å². The van der Waals surface area contributed by atoms with Crippen molar-refractivity contribution < 1.29 is 9.00 Å². The van der Waals surface area contributed by atoms with Crippen LogP contribution in [0.25, 0.3) is 0 Å². The van der Waals surface area contributed by atoms with Crippen molar-refractivity contribution in [1.29, 1.82) is 0 Å². The Bertz CT molecular complexity index is 412. The fourth-order valence-corrected chi connectivity index (χ4v) is 2.06. The molecule has 0 bridgehead atoms. The summed E-state index contributed by atoms with van der Waals surface area (Å²) in [6.07, 6.45) is 2.35. The minimum Gasteiger partial charge on any atom is -0.370 e. The molecule has 94 valence electrons. The van der Waals surface area contributed by atoms with Crippen LogP contribution >= 0.6 is 0 Å². The van der Waals surface area contributed by atoms with Crippen molar-refractivity contribution in [2.45, 2.75) is 18.9 Å². The van der Waals surface area contributed by atoms with Gasteiger partial charge in [0, 0.05) is 18.2 Å². The molecular formula is C9H15N5O2S. The summed E-state index contributed by atoms with van der Waals surface area (Å²) in [4.78, 5) is 19.2. The van der Waals surface area contributed by atoms with E-state index in [1.807, 2.05) is 0 Å². The van der Waals surface area contributed by atoms with Crippen LogP contribution in [0.5, 0.6) is 0 Å². The van der Waals surface area contributed by atoms with Crippen molar-refractivity contribution in [2.24, 2.45) is 27.2 Å². The van der Waals surface area contributed by atoms with Gasteiger partial charge in [-0.05, 0) is 12.8 Å². The van der Waals surface area contributed by atoms with Gasteiger partial charge in [0.1, 0.15) is 10.8 Å². The number of nitrogens with two attached hydrogens (primary N) is 3. The second-order valence-corrected chi connectivity index (χ2v) is 4.69. The average Bonchev–Trinajstić information content (AvgIpc) is 2.69. The Kier molecular flexibility index (Phi) is 4.98. The minimum atomic E-state index is -1.45. The molecule has 0 spiro atoms. The molecule has 1 rings (SSSR count). The molecule has 0 saturated heterocycles. The van der Waals surface area contributed by atoms with Gasteiger partial charge in [0.2, 0.25) is 5.78 Å². The van der Waals surface area contributed by atoms with Crippen LogP contribution in [-0.4, -0.2) is 33.6 Å². The third-order valence-corrected chi connectivity index (χ3v) is 3.14. The number of nitrogens with zero attached hydrogens (tertiary/aromatic N) is 2. The van der Waals surface area contributed by atoms with E-state index in [1.165, 1.54) is 11.6 Å². The molecule has 0 fully saturated rings. The second kappa shape index (κ2) is 6.26. The fourth-order valence-electron chi connectivity index (χ4n) is 1.24. The molecule has 2 atom stereocenters. The highest BCUT2D eigenvalue weighted by atomic mass is 32.2. The summed E-state index contributed by atoms with van der Waals surface area (Å²) >= 11 is 0. The van der Waals surface area contributed by atoms with Crippen LogP contribution in [0.4, 0.5) is 0 Å². The molecular weight excluding hydrogens is 242 g/mol. The average molecular weight is 257 g/mol. The van der Waals surface area contributed by atoms with Crippen molar-refractivity contribution >= 4 is 27.6 Å². The number of carbonyl (C=O) groups is 1. The van der Waals surface area contributed by atoms with Gasteiger partial charge in [-0.2, -0.15) is 0 Å². The molecule has 0 radical (unpaired) electrons. The van der Waals surface area contributed by atoms with E-state index in [9.17, 15) is 9.00 Å². The fraction of sp³-hybridized carbons (Fsp3) is 0.444. The standard InChI is InChI=1S/C9H15N5O2S/c10-6(2-1-3-14-9(11)12)7(15)8-13-4-5-17(8)16/h4-6H,1-3,10H2,(H4,11,12,14)/t6-,17?/m0/s1. The number of guanidine groups is 1. The molecule has 0 aromatic carbocycles. The maximum Gasteiger partial charge on any atom is 0.207 e. The lowest BCUT2D eigenvalue weighted by Crippen LogP contribution is -2.37. The summed E-state index contributed by atoms with van der Waals surface area (Å²) in [5.41, 5.74) is 16.0. The van der Waals surface area contributed by atoms with Gasteiger partial charge in [0.05, 0.1) is 6.04 Å². The third kappa shape index (κ3) is 4.08. The smallest absolute Gasteiger partial charge is 0.207 e. The first-order valence-electron chi connectivity index (χ1n) is 5.02. The monoisotopic (exact) mass is 257 g/mol. The zero-order valence-corrected chi connectivity index (χ0v) is 10.0. The zero-order chi connectivity index (χ0) is 12.8. The van der Waals surface area contributed by atoms with Crippen LogP contribution in [-0.2, 0) is 15.6 Å². The van der Waals surface area contributed by atoms with Gasteiger partial charge in [-0.1, -0.05) is 0 Å². The van der Waals surface area contributed by atoms with Gasteiger partial charge < -0.3 is 17.2 Å². The Balaban J connectivity index is 2.38. The maximum absolute atomic E-state index is 11.7. The molecule has 0 aromatic rings. The van der Waals surface area contributed by atoms with Crippen molar-refractivity contribution in [3.63, 3.8) is 0 Å². The lowest BCUT2D eigenvalue weighted by Gasteiger charge is -2.08. The predicted octanol–water partition coefficient (Wildman–Crippen LogP) is -1.43. The zero-order valence-electron chi connectivity index (χ0n) is 9.20. The largest absolute Gasteiger partial charge is 0.370 e. The number of ketones is 1. The van der Waals surface area contributed by atoms with E-state index >= 15 is 0 Å². The van der Waals surface area contributed by atoms with Crippen LogP contribution in [0.3, 0.4) is 0 Å². The highest BCUT2D eigenvalue weighted by Gasteiger charge is 2.24. The first-order valence-corrected chi connectivity index (χ1v) is 6.24. The van der Waals surface area contributed by atoms with Gasteiger partial charge in [0.25, 0.3) is 0 Å². The first-order chi connectivity index (χ1) is 8.02. The number of hydrogen-bond acceptors (Lipinski definition) is 5. The molecule has 6 N–H and O–H groups in total. The highest BCUT2D eigenvalue weighted by molar-refractivity contribution is 8.05. The molecule has 7 nitrogen and oxygen atoms in total. The van der Waals surface area contributed by atoms with Gasteiger partial charge in [0.15, 0.2) is 11.0 Å². The molecule has 0 aliphatic carbocycles. The molecule has 0 aromatic heterocycles. The van der Waals surface area contributed by atoms with Crippen molar-refractivity contribution in [3.8, 4) is 0 Å². The normalized spacial score (nSPS) is 19.8. The van der Waals surface area contributed by atoms with Crippen LogP contribution in [0.15, 0.2) is 21.6 Å². The van der Waals surface area contributed by atoms with Gasteiger partial charge >= 0.3 is 0 Å². The van der Waals surface area contributed by atoms with Crippen molar-refractivity contribution in [1.82, 2.24) is 0 Å². The summed E-state index contributed by atoms with van der Waals surface area (Å²) in [5.74, 6) is -0.381. The third-order valence-electron chi connectivity index (χ3n) is 2.08. The molecule has 1 aliphatic rings.